The maximum Gasteiger partial charge on any atom is 0.252 e. The van der Waals surface area contributed by atoms with Crippen molar-refractivity contribution in [1.82, 2.24) is 19.4 Å². The number of rotatable bonds is 6. The fourth-order valence-electron chi connectivity index (χ4n) is 4.91. The number of aromatic nitrogens is 3. The van der Waals surface area contributed by atoms with E-state index in [4.69, 9.17) is 16.6 Å². The van der Waals surface area contributed by atoms with E-state index in [1.54, 1.807) is 22.9 Å². The number of likely N-dealkylation sites (N-methyl/N-ethyl adjacent to an activating group) is 1. The van der Waals surface area contributed by atoms with Crippen molar-refractivity contribution >= 4 is 40.0 Å². The van der Waals surface area contributed by atoms with Crippen molar-refractivity contribution in [3.8, 4) is 0 Å². The Bertz CT molecular complexity index is 1460. The number of piperazine rings is 1. The Morgan fingerprint density at radius 1 is 1.00 bits per heavy atom. The predicted octanol–water partition coefficient (Wildman–Crippen LogP) is 4.87. The van der Waals surface area contributed by atoms with Crippen molar-refractivity contribution in [2.75, 3.05) is 43.4 Å². The smallest absolute Gasteiger partial charge is 0.252 e. The first kappa shape index (κ1) is 23.0. The SMILES string of the molecule is CN1CCN(c2ccc(Nc3ncc4ccc(=O)n(Cc5c(Cl)cccc5C5CC5)c4n3)cc2)CC1. The van der Waals surface area contributed by atoms with Crippen molar-refractivity contribution in [1.29, 1.82) is 0 Å². The summed E-state index contributed by atoms with van der Waals surface area (Å²) in [6.07, 6.45) is 4.09. The second-order valence-corrected chi connectivity index (χ2v) is 10.2. The molecule has 0 bridgehead atoms. The second kappa shape index (κ2) is 9.56. The summed E-state index contributed by atoms with van der Waals surface area (Å²) in [4.78, 5) is 26.9. The fourth-order valence-corrected chi connectivity index (χ4v) is 5.15. The van der Waals surface area contributed by atoms with Gasteiger partial charge in [0.25, 0.3) is 5.56 Å². The number of halogens is 1. The summed E-state index contributed by atoms with van der Waals surface area (Å²) in [7, 11) is 2.16. The van der Waals surface area contributed by atoms with Crippen LogP contribution in [0.15, 0.2) is 65.6 Å². The number of nitrogens with zero attached hydrogens (tertiary/aromatic N) is 5. The minimum absolute atomic E-state index is 0.106. The molecule has 1 saturated carbocycles. The van der Waals surface area contributed by atoms with E-state index in [0.29, 0.717) is 29.1 Å². The monoisotopic (exact) mass is 500 g/mol. The molecule has 4 aromatic rings. The molecule has 36 heavy (non-hydrogen) atoms. The molecule has 1 aliphatic heterocycles. The van der Waals surface area contributed by atoms with Crippen molar-refractivity contribution in [2.45, 2.75) is 25.3 Å². The van der Waals surface area contributed by atoms with Gasteiger partial charge >= 0.3 is 0 Å². The number of pyridine rings is 1. The molecule has 2 aromatic heterocycles. The van der Waals surface area contributed by atoms with E-state index in [2.05, 4.69) is 45.3 Å². The number of hydrogen-bond acceptors (Lipinski definition) is 6. The summed E-state index contributed by atoms with van der Waals surface area (Å²) in [5.41, 5.74) is 4.84. The maximum atomic E-state index is 13.0. The van der Waals surface area contributed by atoms with Crippen molar-refractivity contribution in [3.63, 3.8) is 0 Å². The highest BCUT2D eigenvalue weighted by molar-refractivity contribution is 6.31. The first-order valence-corrected chi connectivity index (χ1v) is 12.9. The largest absolute Gasteiger partial charge is 0.369 e. The van der Waals surface area contributed by atoms with Crippen LogP contribution in [0.3, 0.4) is 0 Å². The zero-order valence-corrected chi connectivity index (χ0v) is 21.1. The van der Waals surface area contributed by atoms with E-state index in [0.717, 1.165) is 42.8 Å². The van der Waals surface area contributed by atoms with Gasteiger partial charge in [0.1, 0.15) is 5.65 Å². The van der Waals surface area contributed by atoms with Crippen LogP contribution in [0.1, 0.15) is 29.9 Å². The number of nitrogens with one attached hydrogen (secondary N) is 1. The van der Waals surface area contributed by atoms with E-state index in [1.165, 1.54) is 24.1 Å². The van der Waals surface area contributed by atoms with Gasteiger partial charge in [-0.25, -0.2) is 4.98 Å². The number of fused-ring (bicyclic) bond motifs is 1. The Hall–Kier alpha value is -3.42. The molecule has 1 N–H and O–H groups in total. The van der Waals surface area contributed by atoms with Gasteiger partial charge in [0.15, 0.2) is 0 Å². The number of benzene rings is 2. The van der Waals surface area contributed by atoms with Gasteiger partial charge in [-0.05, 0) is 73.3 Å². The Morgan fingerprint density at radius 2 is 1.78 bits per heavy atom. The van der Waals surface area contributed by atoms with Crippen LogP contribution < -0.4 is 15.8 Å². The number of hydrogen-bond donors (Lipinski definition) is 1. The fraction of sp³-hybridized carbons (Fsp3) is 0.321. The molecule has 0 atom stereocenters. The highest BCUT2D eigenvalue weighted by Gasteiger charge is 2.27. The Labute approximate surface area is 215 Å². The van der Waals surface area contributed by atoms with E-state index in [9.17, 15) is 4.79 Å². The normalized spacial score (nSPS) is 16.4. The molecule has 0 unspecified atom stereocenters. The Morgan fingerprint density at radius 3 is 2.53 bits per heavy atom. The standard InChI is InChI=1S/C28H29ClN6O/c1-33-13-15-34(16-14-33)22-10-8-21(9-11-22)31-28-30-17-20-7-12-26(36)35(27(20)32-28)18-24-23(19-5-6-19)3-2-4-25(24)29/h2-4,7-12,17,19H,5-6,13-16,18H2,1H3,(H,30,31,32). The average molecular weight is 501 g/mol. The molecule has 1 saturated heterocycles. The Balaban J connectivity index is 1.28. The van der Waals surface area contributed by atoms with Crippen LogP contribution in [-0.2, 0) is 6.54 Å². The molecule has 0 amide bonds. The third-order valence-corrected chi connectivity index (χ3v) is 7.56. The second-order valence-electron chi connectivity index (χ2n) is 9.77. The summed E-state index contributed by atoms with van der Waals surface area (Å²) in [6.45, 7) is 4.59. The van der Waals surface area contributed by atoms with Crippen LogP contribution in [-0.4, -0.2) is 52.7 Å². The molecule has 8 heteroatoms. The maximum absolute atomic E-state index is 13.0. The van der Waals surface area contributed by atoms with Gasteiger partial charge in [-0.3, -0.25) is 9.36 Å². The first-order chi connectivity index (χ1) is 17.5. The summed E-state index contributed by atoms with van der Waals surface area (Å²) in [5.74, 6) is 0.987. The molecule has 7 nitrogen and oxygen atoms in total. The van der Waals surface area contributed by atoms with Crippen LogP contribution in [0.4, 0.5) is 17.3 Å². The molecule has 0 radical (unpaired) electrons. The molecular weight excluding hydrogens is 472 g/mol. The molecule has 2 fully saturated rings. The van der Waals surface area contributed by atoms with Gasteiger partial charge in [-0.1, -0.05) is 23.7 Å². The minimum Gasteiger partial charge on any atom is -0.369 e. The van der Waals surface area contributed by atoms with Gasteiger partial charge < -0.3 is 15.1 Å². The third kappa shape index (κ3) is 4.68. The van der Waals surface area contributed by atoms with Gasteiger partial charge in [0, 0.05) is 60.2 Å². The quantitative estimate of drug-likeness (QED) is 0.407. The van der Waals surface area contributed by atoms with Crippen molar-refractivity contribution in [2.24, 2.45) is 0 Å². The lowest BCUT2D eigenvalue weighted by molar-refractivity contribution is 0.313. The summed E-state index contributed by atoms with van der Waals surface area (Å²) in [5, 5.41) is 4.81. The molecule has 3 heterocycles. The van der Waals surface area contributed by atoms with E-state index >= 15 is 0 Å². The van der Waals surface area contributed by atoms with Crippen LogP contribution in [0.5, 0.6) is 0 Å². The van der Waals surface area contributed by atoms with Gasteiger partial charge in [0.05, 0.1) is 6.54 Å². The molecular formula is C28H29ClN6O. The first-order valence-electron chi connectivity index (χ1n) is 12.5. The van der Waals surface area contributed by atoms with Crippen LogP contribution in [0.25, 0.3) is 11.0 Å². The average Bonchev–Trinajstić information content (AvgIpc) is 3.73. The highest BCUT2D eigenvalue weighted by Crippen LogP contribution is 2.43. The summed E-state index contributed by atoms with van der Waals surface area (Å²) in [6, 6.07) is 17.7. The van der Waals surface area contributed by atoms with Gasteiger partial charge in [0.2, 0.25) is 5.95 Å². The van der Waals surface area contributed by atoms with Crippen LogP contribution in [0, 0.1) is 0 Å². The zero-order chi connectivity index (χ0) is 24.6. The van der Waals surface area contributed by atoms with Gasteiger partial charge in [-0.15, -0.1) is 0 Å². The van der Waals surface area contributed by atoms with E-state index in [-0.39, 0.29) is 5.56 Å². The molecule has 0 spiro atoms. The lowest BCUT2D eigenvalue weighted by Crippen LogP contribution is -2.44. The summed E-state index contributed by atoms with van der Waals surface area (Å²) < 4.78 is 1.70. The topological polar surface area (TPSA) is 66.3 Å². The van der Waals surface area contributed by atoms with E-state index < -0.39 is 0 Å². The minimum atomic E-state index is -0.106. The predicted molar refractivity (Wildman–Crippen MR) is 146 cm³/mol. The van der Waals surface area contributed by atoms with Crippen molar-refractivity contribution < 1.29 is 0 Å². The van der Waals surface area contributed by atoms with Crippen LogP contribution >= 0.6 is 11.6 Å². The Kier molecular flexibility index (Phi) is 6.11. The van der Waals surface area contributed by atoms with E-state index in [1.807, 2.05) is 24.3 Å². The number of anilines is 3. The van der Waals surface area contributed by atoms with Crippen molar-refractivity contribution in [3.05, 3.63) is 87.3 Å². The van der Waals surface area contributed by atoms with Gasteiger partial charge in [-0.2, -0.15) is 4.98 Å². The zero-order valence-electron chi connectivity index (χ0n) is 20.3. The molecule has 6 rings (SSSR count). The molecule has 184 valence electrons. The molecule has 1 aliphatic carbocycles. The summed E-state index contributed by atoms with van der Waals surface area (Å²) >= 11 is 6.60. The molecule has 2 aromatic carbocycles. The third-order valence-electron chi connectivity index (χ3n) is 7.20. The highest BCUT2D eigenvalue weighted by atomic mass is 35.5. The molecule has 2 aliphatic rings. The lowest BCUT2D eigenvalue weighted by atomic mass is 10.0. The van der Waals surface area contributed by atoms with Crippen LogP contribution in [0.2, 0.25) is 5.02 Å². The lowest BCUT2D eigenvalue weighted by Gasteiger charge is -2.34.